The Kier molecular flexibility index (Phi) is 14.4. The van der Waals surface area contributed by atoms with Gasteiger partial charge in [-0.25, -0.2) is 0 Å². The van der Waals surface area contributed by atoms with Gasteiger partial charge in [0.1, 0.15) is 23.0 Å². The third-order valence-corrected chi connectivity index (χ3v) is 10.7. The van der Waals surface area contributed by atoms with Crippen LogP contribution in [-0.4, -0.2) is 77.1 Å². The molecule has 0 unspecified atom stereocenters. The van der Waals surface area contributed by atoms with E-state index in [9.17, 15) is 0 Å². The first-order chi connectivity index (χ1) is 27.8. The zero-order valence-corrected chi connectivity index (χ0v) is 37.0. The second-order valence-electron chi connectivity index (χ2n) is 13.0. The van der Waals surface area contributed by atoms with Crippen molar-refractivity contribution in [3.63, 3.8) is 0 Å². The maximum atomic E-state index is 6.27. The van der Waals surface area contributed by atoms with Crippen LogP contribution in [-0.2, 0) is 12.8 Å². The first-order valence-electron chi connectivity index (χ1n) is 18.0. The Morgan fingerprint density at radius 2 is 0.655 bits per heavy atom. The summed E-state index contributed by atoms with van der Waals surface area (Å²) in [6.45, 7) is 9.33. The molecular weight excluding hydrogens is 809 g/mol. The highest BCUT2D eigenvalue weighted by atomic mass is 32.1. The molecule has 1 aliphatic carbocycles. The van der Waals surface area contributed by atoms with E-state index in [1.165, 1.54) is 0 Å². The highest BCUT2D eigenvalue weighted by molar-refractivity contribution is 7.81. The number of anilines is 4. The molecule has 16 heteroatoms. The fraction of sp³-hybridized carbons (Fsp3) is 0.238. The monoisotopic (exact) mass is 856 g/mol. The summed E-state index contributed by atoms with van der Waals surface area (Å²) in [5, 5.41) is 27.0. The second kappa shape index (κ2) is 19.2. The van der Waals surface area contributed by atoms with Crippen molar-refractivity contribution >= 4 is 103 Å². The lowest BCUT2D eigenvalue weighted by Crippen LogP contribution is -2.24. The molecule has 58 heavy (non-hydrogen) atoms. The largest absolute Gasteiger partial charge is 0.496 e. The summed E-state index contributed by atoms with van der Waals surface area (Å²) in [7, 11) is 13.6. The van der Waals surface area contributed by atoms with E-state index < -0.39 is 0 Å². The van der Waals surface area contributed by atoms with Crippen molar-refractivity contribution in [3.05, 3.63) is 106 Å². The second-order valence-corrected chi connectivity index (χ2v) is 14.6. The predicted octanol–water partition coefficient (Wildman–Crippen LogP) is 7.00. The molecule has 4 aromatic rings. The average molecular weight is 857 g/mol. The van der Waals surface area contributed by atoms with Gasteiger partial charge in [0.05, 0.1) is 28.4 Å². The van der Waals surface area contributed by atoms with Gasteiger partial charge in [0.25, 0.3) is 0 Å². The number of methoxy groups -OCH3 is 4. The molecular formula is C42H48N8O4S4. The zero-order valence-electron chi connectivity index (χ0n) is 33.7. The number of benzene rings is 4. The Balaban J connectivity index is 1.97. The van der Waals surface area contributed by atoms with Crippen molar-refractivity contribution in [2.75, 3.05) is 77.9 Å². The van der Waals surface area contributed by atoms with E-state index in [4.69, 9.17) is 67.8 Å². The number of fused-ring (bicyclic) bond motifs is 8. The lowest BCUT2D eigenvalue weighted by molar-refractivity contribution is 0.400. The van der Waals surface area contributed by atoms with Gasteiger partial charge in [-0.3, -0.25) is 0 Å². The van der Waals surface area contributed by atoms with Crippen LogP contribution >= 0.6 is 48.9 Å². The molecule has 0 fully saturated rings. The smallest absolute Gasteiger partial charge is 0.170 e. The third-order valence-electron chi connectivity index (χ3n) is 9.48. The van der Waals surface area contributed by atoms with Crippen molar-refractivity contribution in [2.24, 2.45) is 0 Å². The molecule has 0 spiro atoms. The fourth-order valence-corrected chi connectivity index (χ4v) is 7.38. The SMILES string of the molecule is C=C1c2cc(NC(=S)NC)cc(c2OC)Cc2cc(NC(=S)NC)cc(c2OC)Cc2cc(NC(=S)NC)cc(c2OC)C(=C)c2cc(NC(=S)NC)cc1c2OC. The van der Waals surface area contributed by atoms with Gasteiger partial charge >= 0.3 is 0 Å². The number of nitrogens with one attached hydrogen (secondary N) is 8. The van der Waals surface area contributed by atoms with E-state index in [1.54, 1.807) is 56.6 Å². The summed E-state index contributed by atoms with van der Waals surface area (Å²) in [5.74, 6) is 2.39. The van der Waals surface area contributed by atoms with Gasteiger partial charge in [-0.05, 0) is 109 Å². The summed E-state index contributed by atoms with van der Waals surface area (Å²) in [5.41, 5.74) is 10.1. The zero-order chi connectivity index (χ0) is 42.3. The molecule has 1 aliphatic rings. The first kappa shape index (κ1) is 43.4. The van der Waals surface area contributed by atoms with Crippen molar-refractivity contribution in [1.82, 2.24) is 21.3 Å². The number of thiocarbonyl (C=S) groups is 4. The molecule has 0 aliphatic heterocycles. The van der Waals surface area contributed by atoms with E-state index in [0.29, 0.717) is 107 Å². The Bertz CT molecular complexity index is 2200. The van der Waals surface area contributed by atoms with E-state index in [-0.39, 0.29) is 0 Å². The molecule has 8 bridgehead atoms. The fourth-order valence-electron chi connectivity index (χ4n) is 6.91. The van der Waals surface area contributed by atoms with E-state index in [0.717, 1.165) is 27.9 Å². The standard InChI is InChI=1S/C42H48N8O4S4/c1-21-31-17-28(48-40(56)44-4)15-25(36(31)52-8)11-23-13-27(47-39(55)43-3)14-24(35(23)51-7)12-26-16-29(49-41(57)45-5)18-32(37(26)53-9)22(2)34-20-30(50-42(58)46-6)19-33(21)38(34)54-10/h13-20H,1-2,11-12H2,3-10H3,(H2,43,47,55)(H2,44,48,56)(H2,45,49,57)(H2,46,50,58). The highest BCUT2D eigenvalue weighted by Crippen LogP contribution is 2.47. The van der Waals surface area contributed by atoms with E-state index >= 15 is 0 Å². The summed E-state index contributed by atoms with van der Waals surface area (Å²) in [6, 6.07) is 15.8. The van der Waals surface area contributed by atoms with Crippen molar-refractivity contribution in [1.29, 1.82) is 0 Å². The molecule has 8 N–H and O–H groups in total. The Hall–Kier alpha value is -5.68. The van der Waals surface area contributed by atoms with Crippen LogP contribution < -0.4 is 61.5 Å². The molecule has 0 saturated carbocycles. The predicted molar refractivity (Wildman–Crippen MR) is 255 cm³/mol. The molecule has 0 saturated heterocycles. The molecule has 0 amide bonds. The van der Waals surface area contributed by atoms with Crippen LogP contribution in [0.1, 0.15) is 44.5 Å². The molecule has 12 nitrogen and oxygen atoms in total. The van der Waals surface area contributed by atoms with Gasteiger partial charge in [-0.2, -0.15) is 0 Å². The lowest BCUT2D eigenvalue weighted by Gasteiger charge is -2.25. The summed E-state index contributed by atoms with van der Waals surface area (Å²) in [6.07, 6.45) is 0.752. The maximum absolute atomic E-state index is 6.27. The number of hydrogen-bond acceptors (Lipinski definition) is 8. The molecule has 4 aromatic carbocycles. The average Bonchev–Trinajstić information content (AvgIpc) is 3.21. The van der Waals surface area contributed by atoms with Crippen LogP contribution in [0.3, 0.4) is 0 Å². The van der Waals surface area contributed by atoms with Crippen LogP contribution in [0.4, 0.5) is 22.7 Å². The first-order valence-corrected chi connectivity index (χ1v) is 19.6. The number of ether oxygens (including phenoxy) is 4. The minimum atomic E-state index is 0.376. The quantitative estimate of drug-likeness (QED) is 0.0762. The maximum Gasteiger partial charge on any atom is 0.170 e. The van der Waals surface area contributed by atoms with Crippen molar-refractivity contribution in [3.8, 4) is 23.0 Å². The molecule has 0 radical (unpaired) electrons. The van der Waals surface area contributed by atoms with Gasteiger partial charge in [-0.15, -0.1) is 0 Å². The van der Waals surface area contributed by atoms with Gasteiger partial charge in [0.2, 0.25) is 0 Å². The van der Waals surface area contributed by atoms with Crippen molar-refractivity contribution < 1.29 is 18.9 Å². The normalized spacial score (nSPS) is 11.7. The summed E-state index contributed by atoms with van der Waals surface area (Å²) >= 11 is 22.3. The topological polar surface area (TPSA) is 133 Å². The minimum Gasteiger partial charge on any atom is -0.496 e. The van der Waals surface area contributed by atoms with E-state index in [1.807, 2.05) is 48.5 Å². The van der Waals surface area contributed by atoms with Crippen LogP contribution in [0.2, 0.25) is 0 Å². The minimum absolute atomic E-state index is 0.376. The summed E-state index contributed by atoms with van der Waals surface area (Å²) < 4.78 is 25.1. The van der Waals surface area contributed by atoms with Gasteiger partial charge in [0, 0.05) is 108 Å². The van der Waals surface area contributed by atoms with Gasteiger partial charge in [-0.1, -0.05) is 13.2 Å². The van der Waals surface area contributed by atoms with Gasteiger partial charge < -0.3 is 61.5 Å². The summed E-state index contributed by atoms with van der Waals surface area (Å²) in [4.78, 5) is 0. The van der Waals surface area contributed by atoms with E-state index in [2.05, 4.69) is 55.7 Å². The number of hydrogen-bond donors (Lipinski definition) is 8. The van der Waals surface area contributed by atoms with Crippen LogP contribution in [0.25, 0.3) is 11.1 Å². The lowest BCUT2D eigenvalue weighted by atomic mass is 9.87. The van der Waals surface area contributed by atoms with Crippen molar-refractivity contribution in [2.45, 2.75) is 12.8 Å². The van der Waals surface area contributed by atoms with Crippen LogP contribution in [0, 0.1) is 0 Å². The molecule has 304 valence electrons. The third kappa shape index (κ3) is 9.37. The van der Waals surface area contributed by atoms with Crippen LogP contribution in [0.15, 0.2) is 61.7 Å². The molecule has 0 heterocycles. The Morgan fingerprint density at radius 1 is 0.414 bits per heavy atom. The Morgan fingerprint density at radius 3 is 0.931 bits per heavy atom. The molecule has 0 aromatic heterocycles. The molecule has 5 rings (SSSR count). The molecule has 0 atom stereocenters. The van der Waals surface area contributed by atoms with Gasteiger partial charge in [0.15, 0.2) is 20.4 Å². The highest BCUT2D eigenvalue weighted by Gasteiger charge is 2.27. The number of rotatable bonds is 8. The Labute approximate surface area is 361 Å². The van der Waals surface area contributed by atoms with Crippen LogP contribution in [0.5, 0.6) is 23.0 Å².